The summed E-state index contributed by atoms with van der Waals surface area (Å²) in [6.07, 6.45) is 1.64. The molecule has 0 aromatic rings. The zero-order valence-electron chi connectivity index (χ0n) is 9.03. The monoisotopic (exact) mass is 211 g/mol. The Kier molecular flexibility index (Phi) is 4.15. The number of hydrogen-bond acceptors (Lipinski definition) is 2. The summed E-state index contributed by atoms with van der Waals surface area (Å²) < 4.78 is 0. The Hall–Kier alpha value is -1.52. The first-order valence-corrected chi connectivity index (χ1v) is 5.04. The van der Waals surface area contributed by atoms with E-state index in [2.05, 4.69) is 11.9 Å². The third-order valence-electron chi connectivity index (χ3n) is 2.41. The van der Waals surface area contributed by atoms with Gasteiger partial charge in [0.2, 0.25) is 5.91 Å². The molecule has 84 valence electrons. The molecule has 0 radical (unpaired) electrons. The Morgan fingerprint density at radius 2 is 1.80 bits per heavy atom. The van der Waals surface area contributed by atoms with E-state index in [9.17, 15) is 9.59 Å². The van der Waals surface area contributed by atoms with Gasteiger partial charge in [-0.15, -0.1) is 6.58 Å². The maximum Gasteiger partial charge on any atom is 0.317 e. The molecular formula is C10H17N3O2. The third kappa shape index (κ3) is 3.27. The van der Waals surface area contributed by atoms with E-state index in [-0.39, 0.29) is 11.9 Å². The minimum Gasteiger partial charge on any atom is -0.339 e. The Bertz CT molecular complexity index is 257. The zero-order valence-corrected chi connectivity index (χ0v) is 9.03. The highest BCUT2D eigenvalue weighted by Gasteiger charge is 2.21. The van der Waals surface area contributed by atoms with E-state index in [1.54, 1.807) is 22.8 Å². The molecule has 0 spiro atoms. The fraction of sp³-hybridized carbons (Fsp3) is 0.600. The van der Waals surface area contributed by atoms with Gasteiger partial charge in [-0.1, -0.05) is 6.08 Å². The first kappa shape index (κ1) is 11.6. The Morgan fingerprint density at radius 1 is 1.27 bits per heavy atom. The second-order valence-electron chi connectivity index (χ2n) is 3.47. The molecule has 0 aliphatic carbocycles. The Labute approximate surface area is 89.7 Å². The quantitative estimate of drug-likeness (QED) is 0.656. The summed E-state index contributed by atoms with van der Waals surface area (Å²) in [7, 11) is 0. The van der Waals surface area contributed by atoms with E-state index in [0.29, 0.717) is 32.7 Å². The van der Waals surface area contributed by atoms with Crippen molar-refractivity contribution in [3.63, 3.8) is 0 Å². The number of rotatable bonds is 2. The molecule has 0 atom stereocenters. The van der Waals surface area contributed by atoms with Gasteiger partial charge in [-0.3, -0.25) is 4.79 Å². The highest BCUT2D eigenvalue weighted by molar-refractivity contribution is 5.76. The molecule has 1 fully saturated rings. The van der Waals surface area contributed by atoms with Crippen LogP contribution in [0.15, 0.2) is 12.7 Å². The van der Waals surface area contributed by atoms with E-state index in [1.165, 1.54) is 0 Å². The van der Waals surface area contributed by atoms with Crippen molar-refractivity contribution in [2.45, 2.75) is 6.92 Å². The number of piperazine rings is 1. The van der Waals surface area contributed by atoms with Crippen LogP contribution in [0.1, 0.15) is 6.92 Å². The van der Waals surface area contributed by atoms with Gasteiger partial charge in [-0.25, -0.2) is 4.79 Å². The number of nitrogens with one attached hydrogen (secondary N) is 1. The molecule has 0 bridgehead atoms. The van der Waals surface area contributed by atoms with Gasteiger partial charge in [0.05, 0.1) is 0 Å². The highest BCUT2D eigenvalue weighted by Crippen LogP contribution is 2.01. The van der Waals surface area contributed by atoms with Crippen molar-refractivity contribution in [1.29, 1.82) is 0 Å². The van der Waals surface area contributed by atoms with Gasteiger partial charge in [-0.05, 0) is 0 Å². The van der Waals surface area contributed by atoms with E-state index >= 15 is 0 Å². The normalized spacial score (nSPS) is 16.1. The molecule has 0 saturated carbocycles. The van der Waals surface area contributed by atoms with E-state index in [4.69, 9.17) is 0 Å². The average Bonchev–Trinajstić information content (AvgIpc) is 2.26. The van der Waals surface area contributed by atoms with Gasteiger partial charge in [0.1, 0.15) is 0 Å². The fourth-order valence-corrected chi connectivity index (χ4v) is 1.50. The molecule has 0 aromatic carbocycles. The van der Waals surface area contributed by atoms with Crippen LogP contribution in [-0.4, -0.2) is 54.5 Å². The number of urea groups is 1. The molecule has 15 heavy (non-hydrogen) atoms. The van der Waals surface area contributed by atoms with Crippen molar-refractivity contribution >= 4 is 11.9 Å². The van der Waals surface area contributed by atoms with Crippen LogP contribution < -0.4 is 5.32 Å². The molecule has 1 rings (SSSR count). The van der Waals surface area contributed by atoms with Crippen LogP contribution >= 0.6 is 0 Å². The van der Waals surface area contributed by atoms with E-state index in [1.807, 2.05) is 0 Å². The SMILES string of the molecule is C=CCNC(=O)N1CCN(C(C)=O)CC1. The molecule has 1 heterocycles. The van der Waals surface area contributed by atoms with Gasteiger partial charge in [0, 0.05) is 39.6 Å². The maximum atomic E-state index is 11.5. The molecule has 0 aromatic heterocycles. The standard InChI is InChI=1S/C10H17N3O2/c1-3-4-11-10(15)13-7-5-12(6-8-13)9(2)14/h3H,1,4-8H2,2H3,(H,11,15). The Morgan fingerprint density at radius 3 is 2.27 bits per heavy atom. The zero-order chi connectivity index (χ0) is 11.3. The number of hydrogen-bond donors (Lipinski definition) is 1. The molecule has 1 N–H and O–H groups in total. The van der Waals surface area contributed by atoms with Crippen LogP contribution in [0.25, 0.3) is 0 Å². The van der Waals surface area contributed by atoms with Gasteiger partial charge in [-0.2, -0.15) is 0 Å². The van der Waals surface area contributed by atoms with Gasteiger partial charge < -0.3 is 15.1 Å². The molecule has 5 heteroatoms. The van der Waals surface area contributed by atoms with Crippen LogP contribution in [-0.2, 0) is 4.79 Å². The largest absolute Gasteiger partial charge is 0.339 e. The minimum absolute atomic E-state index is 0.0705. The van der Waals surface area contributed by atoms with Gasteiger partial charge >= 0.3 is 6.03 Å². The van der Waals surface area contributed by atoms with Crippen molar-refractivity contribution in [3.8, 4) is 0 Å². The fourth-order valence-electron chi connectivity index (χ4n) is 1.50. The number of carbonyl (C=O) groups is 2. The van der Waals surface area contributed by atoms with Crippen molar-refractivity contribution in [1.82, 2.24) is 15.1 Å². The summed E-state index contributed by atoms with van der Waals surface area (Å²) in [6.45, 7) is 8.00. The summed E-state index contributed by atoms with van der Waals surface area (Å²) in [5.41, 5.74) is 0. The van der Waals surface area contributed by atoms with Crippen LogP contribution in [0, 0.1) is 0 Å². The van der Waals surface area contributed by atoms with Crippen molar-refractivity contribution in [2.75, 3.05) is 32.7 Å². The first-order chi connectivity index (χ1) is 7.15. The predicted octanol–water partition coefficient (Wildman–Crippen LogP) is 0.0461. The molecule has 1 saturated heterocycles. The number of amides is 3. The summed E-state index contributed by atoms with van der Waals surface area (Å²) >= 11 is 0. The highest BCUT2D eigenvalue weighted by atomic mass is 16.2. The number of nitrogens with zero attached hydrogens (tertiary/aromatic N) is 2. The van der Waals surface area contributed by atoms with Crippen LogP contribution in [0.4, 0.5) is 4.79 Å². The molecule has 3 amide bonds. The lowest BCUT2D eigenvalue weighted by atomic mass is 10.3. The molecule has 0 unspecified atom stereocenters. The smallest absolute Gasteiger partial charge is 0.317 e. The molecule has 1 aliphatic heterocycles. The first-order valence-electron chi connectivity index (χ1n) is 5.04. The van der Waals surface area contributed by atoms with Crippen molar-refractivity contribution in [2.24, 2.45) is 0 Å². The molecule has 5 nitrogen and oxygen atoms in total. The lowest BCUT2D eigenvalue weighted by Crippen LogP contribution is -2.52. The van der Waals surface area contributed by atoms with Crippen LogP contribution in [0.3, 0.4) is 0 Å². The summed E-state index contributed by atoms with van der Waals surface area (Å²) in [5, 5.41) is 2.71. The minimum atomic E-state index is -0.0851. The van der Waals surface area contributed by atoms with Crippen LogP contribution in [0.5, 0.6) is 0 Å². The molecular weight excluding hydrogens is 194 g/mol. The lowest BCUT2D eigenvalue weighted by molar-refractivity contribution is -0.130. The second-order valence-corrected chi connectivity index (χ2v) is 3.47. The predicted molar refractivity (Wildman–Crippen MR) is 57.4 cm³/mol. The average molecular weight is 211 g/mol. The third-order valence-corrected chi connectivity index (χ3v) is 2.41. The van der Waals surface area contributed by atoms with Crippen molar-refractivity contribution < 1.29 is 9.59 Å². The lowest BCUT2D eigenvalue weighted by Gasteiger charge is -2.34. The van der Waals surface area contributed by atoms with E-state index in [0.717, 1.165) is 0 Å². The van der Waals surface area contributed by atoms with Crippen LogP contribution in [0.2, 0.25) is 0 Å². The maximum absolute atomic E-state index is 11.5. The summed E-state index contributed by atoms with van der Waals surface area (Å²) in [6, 6.07) is -0.0851. The summed E-state index contributed by atoms with van der Waals surface area (Å²) in [5.74, 6) is 0.0705. The summed E-state index contributed by atoms with van der Waals surface area (Å²) in [4.78, 5) is 26.0. The van der Waals surface area contributed by atoms with Crippen molar-refractivity contribution in [3.05, 3.63) is 12.7 Å². The topological polar surface area (TPSA) is 52.7 Å². The van der Waals surface area contributed by atoms with E-state index < -0.39 is 0 Å². The van der Waals surface area contributed by atoms with Gasteiger partial charge in [0.15, 0.2) is 0 Å². The van der Waals surface area contributed by atoms with Gasteiger partial charge in [0.25, 0.3) is 0 Å². The number of carbonyl (C=O) groups excluding carboxylic acids is 2. The Balaban J connectivity index is 2.33. The molecule has 1 aliphatic rings. The second kappa shape index (κ2) is 5.38.